The second-order valence-corrected chi connectivity index (χ2v) is 5.25. The Labute approximate surface area is 116 Å². The average molecular weight is 277 g/mol. The van der Waals surface area contributed by atoms with Crippen molar-refractivity contribution in [2.24, 2.45) is 5.92 Å². The smallest absolute Gasteiger partial charge is 0.219 e. The van der Waals surface area contributed by atoms with Crippen molar-refractivity contribution in [3.8, 4) is 0 Å². The summed E-state index contributed by atoms with van der Waals surface area (Å²) in [7, 11) is 0. The lowest BCUT2D eigenvalue weighted by molar-refractivity contribution is -0.131. The summed E-state index contributed by atoms with van der Waals surface area (Å²) in [6.07, 6.45) is 4.93. The van der Waals surface area contributed by atoms with Gasteiger partial charge in [-0.2, -0.15) is 0 Å². The van der Waals surface area contributed by atoms with Crippen molar-refractivity contribution in [1.82, 2.24) is 10.2 Å². The Morgan fingerprint density at radius 1 is 1.33 bits per heavy atom. The number of rotatable bonds is 3. The van der Waals surface area contributed by atoms with Crippen LogP contribution in [-0.2, 0) is 9.53 Å². The van der Waals surface area contributed by atoms with E-state index in [0.29, 0.717) is 12.0 Å². The molecule has 1 atom stereocenters. The van der Waals surface area contributed by atoms with E-state index in [4.69, 9.17) is 4.74 Å². The molecule has 2 aliphatic rings. The van der Waals surface area contributed by atoms with Crippen LogP contribution >= 0.6 is 12.4 Å². The summed E-state index contributed by atoms with van der Waals surface area (Å²) in [5.74, 6) is 0.884. The standard InChI is InChI=1S/C13H24N2O2.ClH/c1-11(16)15-7-4-13(5-8-15)17-10-12-3-2-6-14-9-12;/h12-14H,2-10H2,1H3;1H. The highest BCUT2D eigenvalue weighted by Crippen LogP contribution is 2.17. The summed E-state index contributed by atoms with van der Waals surface area (Å²) in [6.45, 7) is 6.53. The van der Waals surface area contributed by atoms with E-state index in [-0.39, 0.29) is 18.3 Å². The van der Waals surface area contributed by atoms with Crippen LogP contribution in [-0.4, -0.2) is 49.7 Å². The highest BCUT2D eigenvalue weighted by Gasteiger charge is 2.22. The van der Waals surface area contributed by atoms with Gasteiger partial charge in [-0.05, 0) is 38.1 Å². The molecule has 1 amide bonds. The maximum atomic E-state index is 11.2. The van der Waals surface area contributed by atoms with Crippen LogP contribution in [0.2, 0.25) is 0 Å². The van der Waals surface area contributed by atoms with Crippen molar-refractivity contribution in [1.29, 1.82) is 0 Å². The van der Waals surface area contributed by atoms with Gasteiger partial charge in [0.15, 0.2) is 0 Å². The van der Waals surface area contributed by atoms with E-state index in [2.05, 4.69) is 5.32 Å². The second kappa shape index (κ2) is 7.97. The van der Waals surface area contributed by atoms with Crippen LogP contribution in [0.4, 0.5) is 0 Å². The van der Waals surface area contributed by atoms with Crippen LogP contribution in [0.3, 0.4) is 0 Å². The first-order valence-electron chi connectivity index (χ1n) is 6.83. The van der Waals surface area contributed by atoms with Gasteiger partial charge in [0, 0.05) is 26.6 Å². The third-order valence-corrected chi connectivity index (χ3v) is 3.85. The van der Waals surface area contributed by atoms with Crippen molar-refractivity contribution in [2.75, 3.05) is 32.8 Å². The predicted octanol–water partition coefficient (Wildman–Crippen LogP) is 1.44. The first-order chi connectivity index (χ1) is 8.25. The molecule has 0 aliphatic carbocycles. The number of carbonyl (C=O) groups is 1. The topological polar surface area (TPSA) is 41.6 Å². The molecule has 0 bridgehead atoms. The van der Waals surface area contributed by atoms with Gasteiger partial charge in [-0.1, -0.05) is 0 Å². The van der Waals surface area contributed by atoms with Gasteiger partial charge in [0.1, 0.15) is 0 Å². The maximum Gasteiger partial charge on any atom is 0.219 e. The van der Waals surface area contributed by atoms with Gasteiger partial charge >= 0.3 is 0 Å². The van der Waals surface area contributed by atoms with Crippen molar-refractivity contribution in [3.63, 3.8) is 0 Å². The Hall–Kier alpha value is -0.320. The van der Waals surface area contributed by atoms with Crippen LogP contribution in [0, 0.1) is 5.92 Å². The zero-order valence-corrected chi connectivity index (χ0v) is 12.0. The lowest BCUT2D eigenvalue weighted by atomic mass is 10.0. The molecule has 106 valence electrons. The Bertz CT molecular complexity index is 249. The molecule has 0 radical (unpaired) electrons. The van der Waals surface area contributed by atoms with E-state index >= 15 is 0 Å². The molecule has 2 rings (SSSR count). The van der Waals surface area contributed by atoms with Crippen LogP contribution in [0.25, 0.3) is 0 Å². The highest BCUT2D eigenvalue weighted by atomic mass is 35.5. The van der Waals surface area contributed by atoms with E-state index in [1.807, 2.05) is 4.90 Å². The molecular weight excluding hydrogens is 252 g/mol. The molecule has 0 spiro atoms. The summed E-state index contributed by atoms with van der Waals surface area (Å²) in [6, 6.07) is 0. The molecule has 2 fully saturated rings. The Kier molecular flexibility index (Phi) is 6.97. The van der Waals surface area contributed by atoms with Crippen molar-refractivity contribution in [2.45, 2.75) is 38.7 Å². The van der Waals surface area contributed by atoms with Crippen molar-refractivity contribution < 1.29 is 9.53 Å². The zero-order valence-electron chi connectivity index (χ0n) is 11.2. The van der Waals surface area contributed by atoms with E-state index in [9.17, 15) is 4.79 Å². The number of hydrogen-bond donors (Lipinski definition) is 1. The van der Waals surface area contributed by atoms with E-state index in [0.717, 1.165) is 45.6 Å². The molecule has 0 aromatic rings. The molecule has 0 aromatic carbocycles. The summed E-state index contributed by atoms with van der Waals surface area (Å²) < 4.78 is 5.97. The highest BCUT2D eigenvalue weighted by molar-refractivity contribution is 5.85. The third kappa shape index (κ3) is 4.75. The zero-order chi connectivity index (χ0) is 12.1. The molecule has 2 aliphatic heterocycles. The van der Waals surface area contributed by atoms with Gasteiger partial charge in [-0.15, -0.1) is 12.4 Å². The molecule has 5 heteroatoms. The number of hydrogen-bond acceptors (Lipinski definition) is 3. The largest absolute Gasteiger partial charge is 0.378 e. The lowest BCUT2D eigenvalue weighted by Crippen LogP contribution is -2.40. The second-order valence-electron chi connectivity index (χ2n) is 5.25. The van der Waals surface area contributed by atoms with Crippen molar-refractivity contribution in [3.05, 3.63) is 0 Å². The van der Waals surface area contributed by atoms with Crippen LogP contribution in [0.1, 0.15) is 32.6 Å². The van der Waals surface area contributed by atoms with Gasteiger partial charge in [-0.25, -0.2) is 0 Å². The fourth-order valence-electron chi connectivity index (χ4n) is 2.68. The van der Waals surface area contributed by atoms with Gasteiger partial charge in [0.2, 0.25) is 5.91 Å². The number of likely N-dealkylation sites (tertiary alicyclic amines) is 1. The Balaban J connectivity index is 0.00000162. The monoisotopic (exact) mass is 276 g/mol. The number of nitrogens with zero attached hydrogens (tertiary/aromatic N) is 1. The fourth-order valence-corrected chi connectivity index (χ4v) is 2.68. The van der Waals surface area contributed by atoms with Crippen LogP contribution in [0.5, 0.6) is 0 Å². The predicted molar refractivity (Wildman–Crippen MR) is 74.1 cm³/mol. The first-order valence-corrected chi connectivity index (χ1v) is 6.83. The number of ether oxygens (including phenoxy) is 1. The maximum absolute atomic E-state index is 11.2. The lowest BCUT2D eigenvalue weighted by Gasteiger charge is -2.32. The molecule has 0 aromatic heterocycles. The van der Waals surface area contributed by atoms with E-state index < -0.39 is 0 Å². The van der Waals surface area contributed by atoms with Gasteiger partial charge in [-0.3, -0.25) is 4.79 Å². The molecule has 1 unspecified atom stereocenters. The van der Waals surface area contributed by atoms with Gasteiger partial charge in [0.05, 0.1) is 12.7 Å². The minimum absolute atomic E-state index is 0. The molecule has 1 N–H and O–H groups in total. The fraction of sp³-hybridized carbons (Fsp3) is 0.923. The van der Waals surface area contributed by atoms with Crippen LogP contribution < -0.4 is 5.32 Å². The number of piperidine rings is 2. The molecule has 0 saturated carbocycles. The molecule has 2 heterocycles. The van der Waals surface area contributed by atoms with Crippen LogP contribution in [0.15, 0.2) is 0 Å². The Morgan fingerprint density at radius 2 is 2.06 bits per heavy atom. The van der Waals surface area contributed by atoms with E-state index in [1.165, 1.54) is 12.8 Å². The SMILES string of the molecule is CC(=O)N1CCC(OCC2CCCNC2)CC1.Cl. The summed E-state index contributed by atoms with van der Waals surface area (Å²) in [4.78, 5) is 13.1. The quantitative estimate of drug-likeness (QED) is 0.848. The molecular formula is C13H25ClN2O2. The van der Waals surface area contributed by atoms with Crippen molar-refractivity contribution >= 4 is 18.3 Å². The summed E-state index contributed by atoms with van der Waals surface area (Å²) in [5, 5.41) is 3.41. The molecule has 2 saturated heterocycles. The van der Waals surface area contributed by atoms with Gasteiger partial charge < -0.3 is 15.0 Å². The molecule has 4 nitrogen and oxygen atoms in total. The minimum atomic E-state index is 0. The third-order valence-electron chi connectivity index (χ3n) is 3.85. The number of halogens is 1. The van der Waals surface area contributed by atoms with Gasteiger partial charge in [0.25, 0.3) is 0 Å². The normalized spacial score (nSPS) is 25.6. The average Bonchev–Trinajstić information content (AvgIpc) is 2.38. The first kappa shape index (κ1) is 15.7. The number of nitrogens with one attached hydrogen (secondary N) is 1. The minimum Gasteiger partial charge on any atom is -0.378 e. The number of carbonyl (C=O) groups excluding carboxylic acids is 1. The summed E-state index contributed by atoms with van der Waals surface area (Å²) in [5.41, 5.74) is 0. The van der Waals surface area contributed by atoms with E-state index in [1.54, 1.807) is 6.92 Å². The number of amides is 1. The summed E-state index contributed by atoms with van der Waals surface area (Å²) >= 11 is 0. The molecule has 18 heavy (non-hydrogen) atoms. The Morgan fingerprint density at radius 3 is 2.61 bits per heavy atom.